The smallest absolute Gasteiger partial charge is 0.342 e. The summed E-state index contributed by atoms with van der Waals surface area (Å²) in [5.41, 5.74) is -1.15. The van der Waals surface area contributed by atoms with Gasteiger partial charge in [0.25, 0.3) is 5.75 Å². The highest BCUT2D eigenvalue weighted by Gasteiger charge is 2.28. The third-order valence-corrected chi connectivity index (χ3v) is 3.13. The van der Waals surface area contributed by atoms with Gasteiger partial charge in [-0.3, -0.25) is 20.2 Å². The second-order valence-electron chi connectivity index (χ2n) is 4.46. The molecule has 0 amide bonds. The lowest BCUT2D eigenvalue weighted by Crippen LogP contribution is -2.09. The fourth-order valence-electron chi connectivity index (χ4n) is 2.09. The fourth-order valence-corrected chi connectivity index (χ4v) is 2.09. The van der Waals surface area contributed by atoms with Crippen LogP contribution in [0, 0.1) is 30.3 Å². The number of rotatable bonds is 7. The second kappa shape index (κ2) is 6.68. The van der Waals surface area contributed by atoms with Crippen LogP contribution < -0.4 is 4.74 Å². The molecule has 2 rings (SSSR count). The minimum atomic E-state index is -0.808. The van der Waals surface area contributed by atoms with Gasteiger partial charge in [0.2, 0.25) is 5.82 Å². The van der Waals surface area contributed by atoms with Gasteiger partial charge in [-0.1, -0.05) is 0 Å². The highest BCUT2D eigenvalue weighted by Crippen LogP contribution is 2.36. The Morgan fingerprint density at radius 1 is 1.08 bits per heavy atom. The zero-order chi connectivity index (χ0) is 17.9. The molecule has 0 fully saturated rings. The van der Waals surface area contributed by atoms with E-state index in [-0.39, 0.29) is 18.2 Å². The van der Waals surface area contributed by atoms with Crippen LogP contribution in [0.3, 0.4) is 0 Å². The fraction of sp³-hybridized carbons (Fsp3) is 0.250. The summed E-state index contributed by atoms with van der Waals surface area (Å²) in [6.07, 6.45) is 1.02. The summed E-state index contributed by atoms with van der Waals surface area (Å²) in [5, 5.41) is 32.9. The monoisotopic (exact) mass is 337 g/mol. The number of hydrogen-bond acceptors (Lipinski definition) is 8. The van der Waals surface area contributed by atoms with Crippen LogP contribution in [0.5, 0.6) is 5.75 Å². The third kappa shape index (κ3) is 3.11. The normalized spacial score (nSPS) is 10.4. The van der Waals surface area contributed by atoms with Crippen molar-refractivity contribution >= 4 is 17.2 Å². The molecule has 12 nitrogen and oxygen atoms in total. The lowest BCUT2D eigenvalue weighted by Gasteiger charge is -2.06. The molecule has 2 aromatic rings. The minimum absolute atomic E-state index is 0.122. The topological polar surface area (TPSA) is 156 Å². The van der Waals surface area contributed by atoms with E-state index in [4.69, 9.17) is 4.74 Å². The average Bonchev–Trinajstić information content (AvgIpc) is 2.95. The van der Waals surface area contributed by atoms with Gasteiger partial charge in [-0.05, 0) is 17.9 Å². The van der Waals surface area contributed by atoms with Crippen LogP contribution in [-0.2, 0) is 13.2 Å². The first-order chi connectivity index (χ1) is 11.4. The molecule has 0 aliphatic rings. The zero-order valence-corrected chi connectivity index (χ0v) is 12.3. The van der Waals surface area contributed by atoms with E-state index < -0.39 is 38.5 Å². The number of benzene rings is 1. The van der Waals surface area contributed by atoms with E-state index in [1.807, 2.05) is 0 Å². The first-order valence-corrected chi connectivity index (χ1v) is 6.60. The van der Waals surface area contributed by atoms with Crippen molar-refractivity contribution in [1.82, 2.24) is 9.55 Å². The van der Waals surface area contributed by atoms with E-state index in [2.05, 4.69) is 4.98 Å². The molecule has 0 bridgehead atoms. The lowest BCUT2D eigenvalue weighted by atomic mass is 10.2. The van der Waals surface area contributed by atoms with E-state index in [9.17, 15) is 30.3 Å². The largest absolute Gasteiger partial charge is 0.471 e. The molecule has 0 unspecified atom stereocenters. The van der Waals surface area contributed by atoms with Crippen molar-refractivity contribution in [2.45, 2.75) is 20.1 Å². The molecule has 0 radical (unpaired) electrons. The van der Waals surface area contributed by atoms with Crippen molar-refractivity contribution < 1.29 is 19.5 Å². The van der Waals surface area contributed by atoms with Crippen LogP contribution in [-0.4, -0.2) is 24.3 Å². The molecule has 0 atom stereocenters. The van der Waals surface area contributed by atoms with Gasteiger partial charge >= 0.3 is 17.2 Å². The number of nitrogens with zero attached hydrogens (tertiary/aromatic N) is 5. The van der Waals surface area contributed by atoms with Crippen molar-refractivity contribution in [3.05, 3.63) is 60.6 Å². The highest BCUT2D eigenvalue weighted by molar-refractivity contribution is 5.59. The van der Waals surface area contributed by atoms with Crippen LogP contribution >= 0.6 is 0 Å². The predicted octanol–water partition coefficient (Wildman–Crippen LogP) is 2.21. The Labute approximate surface area is 133 Å². The summed E-state index contributed by atoms with van der Waals surface area (Å²) in [6.45, 7) is 1.47. The molecular weight excluding hydrogens is 326 g/mol. The van der Waals surface area contributed by atoms with Crippen molar-refractivity contribution in [2.24, 2.45) is 0 Å². The van der Waals surface area contributed by atoms with Crippen LogP contribution in [0.2, 0.25) is 0 Å². The maximum atomic E-state index is 11.0. The Bertz CT molecular complexity index is 784. The maximum absolute atomic E-state index is 11.0. The zero-order valence-electron chi connectivity index (χ0n) is 12.3. The molecule has 0 saturated carbocycles. The molecule has 1 aromatic carbocycles. The highest BCUT2D eigenvalue weighted by atomic mass is 16.6. The van der Waals surface area contributed by atoms with Gasteiger partial charge in [0.05, 0.1) is 16.4 Å². The first kappa shape index (κ1) is 16.8. The second-order valence-corrected chi connectivity index (χ2v) is 4.46. The van der Waals surface area contributed by atoms with E-state index in [0.717, 1.165) is 18.3 Å². The molecule has 12 heteroatoms. The number of nitro benzene ring substituents is 2. The van der Waals surface area contributed by atoms with Crippen LogP contribution in [0.15, 0.2) is 24.4 Å². The predicted molar refractivity (Wildman–Crippen MR) is 78.6 cm³/mol. The van der Waals surface area contributed by atoms with E-state index >= 15 is 0 Å². The standard InChI is InChI=1S/C12H11N5O7/c1-2-14-10(13-6-11(14)17(22)23)7-24-12-8(15(18)19)4-3-5-9(12)16(20)21/h3-6H,2,7H2,1H3. The molecule has 0 saturated heterocycles. The number of nitro groups is 3. The van der Waals surface area contributed by atoms with Crippen molar-refractivity contribution in [2.75, 3.05) is 0 Å². The summed E-state index contributed by atoms with van der Waals surface area (Å²) >= 11 is 0. The molecule has 0 aliphatic heterocycles. The van der Waals surface area contributed by atoms with Crippen LogP contribution in [0.25, 0.3) is 0 Å². The van der Waals surface area contributed by atoms with Gasteiger partial charge in [-0.2, -0.15) is 0 Å². The molecule has 0 N–H and O–H groups in total. The van der Waals surface area contributed by atoms with Gasteiger partial charge in [0.15, 0.2) is 6.61 Å². The van der Waals surface area contributed by atoms with Gasteiger partial charge < -0.3 is 14.9 Å². The Kier molecular flexibility index (Phi) is 4.68. The van der Waals surface area contributed by atoms with Gasteiger partial charge in [-0.25, -0.2) is 9.55 Å². The average molecular weight is 337 g/mol. The SMILES string of the molecule is CCn1c([N+](=O)[O-])cnc1COc1c([N+](=O)[O-])cccc1[N+](=O)[O-]. The first-order valence-electron chi connectivity index (χ1n) is 6.60. The number of ether oxygens (including phenoxy) is 1. The Balaban J connectivity index is 2.38. The summed E-state index contributed by atoms with van der Waals surface area (Å²) in [4.78, 5) is 34.5. The van der Waals surface area contributed by atoms with E-state index in [0.29, 0.717) is 0 Å². The van der Waals surface area contributed by atoms with Crippen molar-refractivity contribution in [3.8, 4) is 5.75 Å². The quantitative estimate of drug-likeness (QED) is 0.549. The van der Waals surface area contributed by atoms with Crippen molar-refractivity contribution in [1.29, 1.82) is 0 Å². The Morgan fingerprint density at radius 3 is 2.12 bits per heavy atom. The molecule has 0 aliphatic carbocycles. The molecule has 1 aromatic heterocycles. The molecule has 126 valence electrons. The number of aromatic nitrogens is 2. The summed E-state index contributed by atoms with van der Waals surface area (Å²) in [5.74, 6) is -0.675. The lowest BCUT2D eigenvalue weighted by molar-refractivity contribution is -0.396. The van der Waals surface area contributed by atoms with Crippen LogP contribution in [0.1, 0.15) is 12.7 Å². The van der Waals surface area contributed by atoms with Gasteiger partial charge in [-0.15, -0.1) is 0 Å². The Morgan fingerprint density at radius 2 is 1.67 bits per heavy atom. The molecular formula is C12H11N5O7. The van der Waals surface area contributed by atoms with Crippen molar-refractivity contribution in [3.63, 3.8) is 0 Å². The Hall–Kier alpha value is -3.57. The number of para-hydroxylation sites is 1. The third-order valence-electron chi connectivity index (χ3n) is 3.13. The molecule has 0 spiro atoms. The van der Waals surface area contributed by atoms with Gasteiger partial charge in [0, 0.05) is 12.1 Å². The van der Waals surface area contributed by atoms with Gasteiger partial charge in [0.1, 0.15) is 6.20 Å². The molecule has 1 heterocycles. The molecule has 24 heavy (non-hydrogen) atoms. The van der Waals surface area contributed by atoms with E-state index in [1.165, 1.54) is 10.6 Å². The summed E-state index contributed by atoms with van der Waals surface area (Å²) in [7, 11) is 0. The summed E-state index contributed by atoms with van der Waals surface area (Å²) in [6, 6.07) is 3.30. The minimum Gasteiger partial charge on any atom is -0.471 e. The maximum Gasteiger partial charge on any atom is 0.342 e. The summed E-state index contributed by atoms with van der Waals surface area (Å²) < 4.78 is 6.46. The number of hydrogen-bond donors (Lipinski definition) is 0. The van der Waals surface area contributed by atoms with E-state index in [1.54, 1.807) is 6.92 Å². The van der Waals surface area contributed by atoms with Crippen LogP contribution in [0.4, 0.5) is 17.2 Å². The number of imidazole rings is 1.